The Morgan fingerprint density at radius 1 is 1.13 bits per heavy atom. The fraction of sp³-hybridized carbons (Fsp3) is 0.435. The first-order chi connectivity index (χ1) is 14.1. The van der Waals surface area contributed by atoms with Gasteiger partial charge in [0.15, 0.2) is 0 Å². The Morgan fingerprint density at radius 2 is 1.90 bits per heavy atom. The highest BCUT2D eigenvalue weighted by molar-refractivity contribution is 7.89. The molecule has 2 aliphatic rings. The summed E-state index contributed by atoms with van der Waals surface area (Å²) in [6.45, 7) is 8.43. The van der Waals surface area contributed by atoms with Gasteiger partial charge in [0.1, 0.15) is 11.4 Å². The van der Waals surface area contributed by atoms with Crippen LogP contribution < -0.4 is 14.4 Å². The van der Waals surface area contributed by atoms with E-state index in [1.807, 2.05) is 45.9 Å². The second kappa shape index (κ2) is 7.39. The summed E-state index contributed by atoms with van der Waals surface area (Å²) in [5.74, 6) is 0.807. The molecule has 0 saturated carbocycles. The average molecular weight is 429 g/mol. The van der Waals surface area contributed by atoms with E-state index in [2.05, 4.69) is 4.72 Å². The van der Waals surface area contributed by atoms with Crippen LogP contribution >= 0.6 is 0 Å². The zero-order chi connectivity index (χ0) is 21.7. The summed E-state index contributed by atoms with van der Waals surface area (Å²) in [7, 11) is -3.75. The van der Waals surface area contributed by atoms with Crippen molar-refractivity contribution < 1.29 is 17.9 Å². The molecule has 4 rings (SSSR count). The lowest BCUT2D eigenvalue weighted by atomic mass is 9.90. The van der Waals surface area contributed by atoms with Gasteiger partial charge in [-0.25, -0.2) is 13.1 Å². The van der Waals surface area contributed by atoms with Crippen molar-refractivity contribution in [2.45, 2.75) is 63.5 Å². The lowest BCUT2D eigenvalue weighted by Crippen LogP contribution is -2.41. The molecule has 0 aromatic heterocycles. The van der Waals surface area contributed by atoms with Gasteiger partial charge in [0.25, 0.3) is 0 Å². The normalized spacial score (nSPS) is 20.7. The van der Waals surface area contributed by atoms with E-state index in [0.29, 0.717) is 19.4 Å². The minimum Gasteiger partial charge on any atom is -0.487 e. The summed E-state index contributed by atoms with van der Waals surface area (Å²) in [6.07, 6.45) is 1.90. The first-order valence-corrected chi connectivity index (χ1v) is 11.8. The van der Waals surface area contributed by atoms with E-state index in [0.717, 1.165) is 34.5 Å². The van der Waals surface area contributed by atoms with Crippen LogP contribution in [0.3, 0.4) is 0 Å². The third kappa shape index (κ3) is 3.96. The van der Waals surface area contributed by atoms with Crippen LogP contribution in [0, 0.1) is 13.8 Å². The molecule has 6 nitrogen and oxygen atoms in total. The molecule has 160 valence electrons. The number of sulfonamides is 1. The number of carbonyl (C=O) groups excluding carboxylic acids is 1. The SMILES string of the molecule is Cc1ccc2c(c1)OC(C)(C)CC2NS(=O)(=O)c1ccc(N2CCCC2=O)c(C)c1. The molecule has 1 amide bonds. The Morgan fingerprint density at radius 3 is 2.57 bits per heavy atom. The van der Waals surface area contributed by atoms with Crippen LogP contribution in [0.1, 0.15) is 55.8 Å². The maximum absolute atomic E-state index is 13.2. The number of ether oxygens (including phenoxy) is 1. The van der Waals surface area contributed by atoms with Gasteiger partial charge in [0, 0.05) is 30.6 Å². The number of nitrogens with one attached hydrogen (secondary N) is 1. The molecule has 2 aromatic rings. The fourth-order valence-corrected chi connectivity index (χ4v) is 5.62. The molecule has 1 N–H and O–H groups in total. The molecule has 1 saturated heterocycles. The summed E-state index contributed by atoms with van der Waals surface area (Å²) in [5.41, 5.74) is 2.99. The quantitative estimate of drug-likeness (QED) is 0.798. The van der Waals surface area contributed by atoms with Gasteiger partial charge >= 0.3 is 0 Å². The average Bonchev–Trinajstić information content (AvgIpc) is 3.05. The minimum absolute atomic E-state index is 0.0863. The van der Waals surface area contributed by atoms with Crippen LogP contribution in [0.2, 0.25) is 0 Å². The molecular formula is C23H28N2O4S. The number of aryl methyl sites for hydroxylation is 2. The molecule has 2 aliphatic heterocycles. The summed E-state index contributed by atoms with van der Waals surface area (Å²) < 4.78 is 35.4. The molecule has 0 bridgehead atoms. The van der Waals surface area contributed by atoms with Gasteiger partial charge in [0.2, 0.25) is 15.9 Å². The summed E-state index contributed by atoms with van der Waals surface area (Å²) >= 11 is 0. The van der Waals surface area contributed by atoms with Crippen molar-refractivity contribution in [3.63, 3.8) is 0 Å². The van der Waals surface area contributed by atoms with E-state index in [1.54, 1.807) is 23.1 Å². The van der Waals surface area contributed by atoms with Gasteiger partial charge < -0.3 is 9.64 Å². The topological polar surface area (TPSA) is 75.7 Å². The number of benzene rings is 2. The standard InChI is InChI=1S/C23H28N2O4S/c1-15-7-9-18-19(14-23(3,4)29-21(18)12-15)24-30(27,28)17-8-10-20(16(2)13-17)25-11-5-6-22(25)26/h7-10,12-13,19,24H,5-6,11,14H2,1-4H3. The Bertz CT molecular complexity index is 1110. The first-order valence-electron chi connectivity index (χ1n) is 10.3. The fourth-order valence-electron chi connectivity index (χ4n) is 4.32. The van der Waals surface area contributed by atoms with E-state index >= 15 is 0 Å². The van der Waals surface area contributed by atoms with Gasteiger partial charge in [-0.1, -0.05) is 12.1 Å². The Balaban J connectivity index is 1.63. The van der Waals surface area contributed by atoms with Crippen LogP contribution in [0.25, 0.3) is 0 Å². The van der Waals surface area contributed by atoms with Crippen LogP contribution in [-0.2, 0) is 14.8 Å². The van der Waals surface area contributed by atoms with E-state index in [1.165, 1.54) is 0 Å². The lowest BCUT2D eigenvalue weighted by Gasteiger charge is -2.38. The van der Waals surface area contributed by atoms with Crippen molar-refractivity contribution in [2.75, 3.05) is 11.4 Å². The number of hydrogen-bond acceptors (Lipinski definition) is 4. The Hall–Kier alpha value is -2.38. The molecule has 1 fully saturated rings. The van der Waals surface area contributed by atoms with E-state index in [9.17, 15) is 13.2 Å². The predicted molar refractivity (Wildman–Crippen MR) is 116 cm³/mol. The molecule has 30 heavy (non-hydrogen) atoms. The van der Waals surface area contributed by atoms with Crippen molar-refractivity contribution in [3.8, 4) is 5.75 Å². The Kier molecular flexibility index (Phi) is 5.14. The summed E-state index contributed by atoms with van der Waals surface area (Å²) in [4.78, 5) is 14.0. The van der Waals surface area contributed by atoms with E-state index in [4.69, 9.17) is 4.74 Å². The van der Waals surface area contributed by atoms with Crippen molar-refractivity contribution in [2.24, 2.45) is 0 Å². The smallest absolute Gasteiger partial charge is 0.241 e. The number of carbonyl (C=O) groups is 1. The second-order valence-electron chi connectivity index (χ2n) is 8.88. The molecule has 1 unspecified atom stereocenters. The molecule has 0 aliphatic carbocycles. The van der Waals surface area contributed by atoms with Gasteiger partial charge in [0.05, 0.1) is 10.9 Å². The van der Waals surface area contributed by atoms with Crippen LogP contribution in [0.5, 0.6) is 5.75 Å². The third-order valence-electron chi connectivity index (χ3n) is 5.77. The van der Waals surface area contributed by atoms with Crippen molar-refractivity contribution in [1.82, 2.24) is 4.72 Å². The van der Waals surface area contributed by atoms with Crippen LogP contribution in [0.15, 0.2) is 41.3 Å². The highest BCUT2D eigenvalue weighted by atomic mass is 32.2. The summed E-state index contributed by atoms with van der Waals surface area (Å²) in [6, 6.07) is 10.4. The lowest BCUT2D eigenvalue weighted by molar-refractivity contribution is -0.117. The Labute approximate surface area is 178 Å². The number of anilines is 1. The number of amides is 1. The molecule has 7 heteroatoms. The molecule has 2 heterocycles. The zero-order valence-electron chi connectivity index (χ0n) is 17.9. The number of hydrogen-bond donors (Lipinski definition) is 1. The van der Waals surface area contributed by atoms with E-state index < -0.39 is 15.6 Å². The first kappa shape index (κ1) is 20.9. The maximum Gasteiger partial charge on any atom is 0.241 e. The number of rotatable bonds is 4. The van der Waals surface area contributed by atoms with E-state index in [-0.39, 0.29) is 16.8 Å². The molecule has 1 atom stereocenters. The largest absolute Gasteiger partial charge is 0.487 e. The highest BCUT2D eigenvalue weighted by Crippen LogP contribution is 2.40. The number of nitrogens with zero attached hydrogens (tertiary/aromatic N) is 1. The van der Waals surface area contributed by atoms with Gasteiger partial charge in [-0.05, 0) is 69.5 Å². The maximum atomic E-state index is 13.2. The van der Waals surface area contributed by atoms with Crippen LogP contribution in [0.4, 0.5) is 5.69 Å². The molecule has 0 radical (unpaired) electrons. The summed E-state index contributed by atoms with van der Waals surface area (Å²) in [5, 5.41) is 0. The zero-order valence-corrected chi connectivity index (χ0v) is 18.7. The van der Waals surface area contributed by atoms with Gasteiger partial charge in [-0.15, -0.1) is 0 Å². The predicted octanol–water partition coefficient (Wildman–Crippen LogP) is 4.01. The third-order valence-corrected chi connectivity index (χ3v) is 7.24. The van der Waals surface area contributed by atoms with Crippen LogP contribution in [-0.4, -0.2) is 26.5 Å². The molecule has 0 spiro atoms. The minimum atomic E-state index is -3.75. The van der Waals surface area contributed by atoms with Crippen molar-refractivity contribution in [1.29, 1.82) is 0 Å². The van der Waals surface area contributed by atoms with Gasteiger partial charge in [-0.3, -0.25) is 4.79 Å². The van der Waals surface area contributed by atoms with Gasteiger partial charge in [-0.2, -0.15) is 0 Å². The highest BCUT2D eigenvalue weighted by Gasteiger charge is 2.36. The molecular weight excluding hydrogens is 400 g/mol. The van der Waals surface area contributed by atoms with Crippen molar-refractivity contribution >= 4 is 21.6 Å². The molecule has 2 aromatic carbocycles. The monoisotopic (exact) mass is 428 g/mol. The van der Waals surface area contributed by atoms with Crippen molar-refractivity contribution in [3.05, 3.63) is 53.1 Å². The number of fused-ring (bicyclic) bond motifs is 1. The second-order valence-corrected chi connectivity index (χ2v) is 10.6.